The highest BCUT2D eigenvalue weighted by Crippen LogP contribution is 2.32. The van der Waals surface area contributed by atoms with E-state index in [1.54, 1.807) is 24.9 Å². The number of hydrogen-bond acceptors (Lipinski definition) is 4. The molecule has 1 amide bonds. The zero-order chi connectivity index (χ0) is 14.2. The van der Waals surface area contributed by atoms with Crippen LogP contribution in [0.5, 0.6) is 0 Å². The molecule has 1 N–H and O–H groups in total. The van der Waals surface area contributed by atoms with Crippen LogP contribution in [0.4, 0.5) is 0 Å². The normalized spacial score (nSPS) is 19.0. The van der Waals surface area contributed by atoms with Crippen molar-refractivity contribution in [1.29, 1.82) is 0 Å². The van der Waals surface area contributed by atoms with Gasteiger partial charge in [-0.2, -0.15) is 0 Å². The van der Waals surface area contributed by atoms with E-state index in [4.69, 9.17) is 0 Å². The summed E-state index contributed by atoms with van der Waals surface area (Å²) in [6.45, 7) is 4.29. The first-order valence-electron chi connectivity index (χ1n) is 6.03. The third kappa shape index (κ3) is 2.73. The van der Waals surface area contributed by atoms with E-state index in [0.29, 0.717) is 17.1 Å². The number of rotatable bonds is 3. The number of carbonyl (C=O) groups excluding carboxylic acids is 1. The fraction of sp³-hybridized carbons (Fsp3) is 0.462. The summed E-state index contributed by atoms with van der Waals surface area (Å²) >= 11 is 1.26. The number of carbonyl (C=O) groups is 2. The molecular formula is C13H16N2O3S. The maximum Gasteiger partial charge on any atom is 0.338 e. The van der Waals surface area contributed by atoms with Crippen molar-refractivity contribution in [3.63, 3.8) is 0 Å². The van der Waals surface area contributed by atoms with Gasteiger partial charge in [-0.05, 0) is 31.9 Å². The van der Waals surface area contributed by atoms with Gasteiger partial charge in [0.05, 0.1) is 10.8 Å². The van der Waals surface area contributed by atoms with Gasteiger partial charge in [-0.3, -0.25) is 4.79 Å². The van der Waals surface area contributed by atoms with Crippen molar-refractivity contribution in [2.45, 2.75) is 30.5 Å². The Bertz CT molecular complexity index is 545. The summed E-state index contributed by atoms with van der Waals surface area (Å²) in [4.78, 5) is 29.2. The monoisotopic (exact) mass is 280 g/mol. The van der Waals surface area contributed by atoms with E-state index in [1.165, 1.54) is 11.8 Å². The number of thioether (sulfide) groups is 1. The van der Waals surface area contributed by atoms with Gasteiger partial charge in [0.25, 0.3) is 0 Å². The number of carboxylic acids is 1. The lowest BCUT2D eigenvalue weighted by Gasteiger charge is -2.13. The summed E-state index contributed by atoms with van der Waals surface area (Å²) in [7, 11) is 1.76. The highest BCUT2D eigenvalue weighted by atomic mass is 32.2. The van der Waals surface area contributed by atoms with Crippen LogP contribution in [-0.2, 0) is 4.79 Å². The van der Waals surface area contributed by atoms with Gasteiger partial charge >= 0.3 is 5.97 Å². The number of nitrogens with zero attached hydrogens (tertiary/aromatic N) is 2. The number of carboxylic acid groups (broad SMARTS) is 1. The highest BCUT2D eigenvalue weighted by molar-refractivity contribution is 8.00. The first-order chi connectivity index (χ1) is 8.90. The Hall–Kier alpha value is -1.56. The zero-order valence-corrected chi connectivity index (χ0v) is 12.0. The largest absolute Gasteiger partial charge is 0.478 e. The van der Waals surface area contributed by atoms with Crippen LogP contribution in [0.1, 0.15) is 28.0 Å². The summed E-state index contributed by atoms with van der Waals surface area (Å²) in [6, 6.07) is 1.75. The Labute approximate surface area is 116 Å². The number of aryl methyl sites for hydroxylation is 2. The van der Waals surface area contributed by atoms with E-state index >= 15 is 0 Å². The van der Waals surface area contributed by atoms with Gasteiger partial charge in [-0.15, -0.1) is 0 Å². The number of pyridine rings is 1. The molecule has 19 heavy (non-hydrogen) atoms. The standard InChI is InChI=1S/C13H16N2O3S/c1-7-6-8(2)14-11(10(7)13(17)18)19-9-4-5-15(3)12(9)16/h6,9H,4-5H2,1-3H3,(H,17,18). The van der Waals surface area contributed by atoms with Crippen molar-refractivity contribution in [1.82, 2.24) is 9.88 Å². The van der Waals surface area contributed by atoms with Crippen molar-refractivity contribution in [3.05, 3.63) is 22.9 Å². The summed E-state index contributed by atoms with van der Waals surface area (Å²) in [5.41, 5.74) is 1.66. The third-order valence-electron chi connectivity index (χ3n) is 3.16. The lowest BCUT2D eigenvalue weighted by molar-refractivity contribution is -0.126. The van der Waals surface area contributed by atoms with E-state index in [1.807, 2.05) is 6.92 Å². The summed E-state index contributed by atoms with van der Waals surface area (Å²) in [6.07, 6.45) is 0.730. The molecule has 1 unspecified atom stereocenters. The Balaban J connectivity index is 2.34. The fourth-order valence-corrected chi connectivity index (χ4v) is 3.52. The van der Waals surface area contributed by atoms with E-state index in [2.05, 4.69) is 4.98 Å². The molecule has 2 heterocycles. The first-order valence-corrected chi connectivity index (χ1v) is 6.91. The van der Waals surface area contributed by atoms with Gasteiger partial charge in [0, 0.05) is 19.3 Å². The van der Waals surface area contributed by atoms with Crippen molar-refractivity contribution in [2.24, 2.45) is 0 Å². The van der Waals surface area contributed by atoms with Crippen LogP contribution in [0, 0.1) is 13.8 Å². The van der Waals surface area contributed by atoms with E-state index in [-0.39, 0.29) is 16.7 Å². The Morgan fingerprint density at radius 3 is 2.74 bits per heavy atom. The van der Waals surface area contributed by atoms with Gasteiger partial charge in [0.15, 0.2) is 0 Å². The minimum absolute atomic E-state index is 0.0438. The molecule has 1 saturated heterocycles. The van der Waals surface area contributed by atoms with Crippen LogP contribution in [0.2, 0.25) is 0 Å². The van der Waals surface area contributed by atoms with E-state index < -0.39 is 5.97 Å². The molecule has 0 aliphatic carbocycles. The topological polar surface area (TPSA) is 70.5 Å². The molecule has 1 aromatic heterocycles. The first kappa shape index (κ1) is 13.9. The SMILES string of the molecule is Cc1cc(C)c(C(=O)O)c(SC2CCN(C)C2=O)n1. The molecule has 0 spiro atoms. The molecule has 0 radical (unpaired) electrons. The molecular weight excluding hydrogens is 264 g/mol. The van der Waals surface area contributed by atoms with Gasteiger partial charge in [-0.1, -0.05) is 11.8 Å². The molecule has 0 bridgehead atoms. The highest BCUT2D eigenvalue weighted by Gasteiger charge is 2.31. The van der Waals surface area contributed by atoms with Crippen molar-refractivity contribution >= 4 is 23.6 Å². The molecule has 102 valence electrons. The molecule has 1 aromatic rings. The number of aromatic carboxylic acids is 1. The number of amides is 1. The maximum atomic E-state index is 11.9. The van der Waals surface area contributed by atoms with Crippen LogP contribution in [-0.4, -0.2) is 45.7 Å². The molecule has 5 nitrogen and oxygen atoms in total. The predicted octanol–water partition coefficient (Wildman–Crippen LogP) is 1.72. The molecule has 1 aliphatic heterocycles. The maximum absolute atomic E-state index is 11.9. The number of aromatic nitrogens is 1. The average molecular weight is 280 g/mol. The zero-order valence-electron chi connectivity index (χ0n) is 11.1. The van der Waals surface area contributed by atoms with E-state index in [0.717, 1.165) is 12.1 Å². The minimum atomic E-state index is -0.994. The van der Waals surface area contributed by atoms with Crippen LogP contribution in [0.15, 0.2) is 11.1 Å². The molecule has 6 heteroatoms. The number of likely N-dealkylation sites (tertiary alicyclic amines) is 1. The van der Waals surface area contributed by atoms with Crippen LogP contribution in [0.25, 0.3) is 0 Å². The quantitative estimate of drug-likeness (QED) is 0.913. The summed E-state index contributed by atoms with van der Waals surface area (Å²) in [5.74, 6) is -0.950. The number of hydrogen-bond donors (Lipinski definition) is 1. The van der Waals surface area contributed by atoms with Crippen LogP contribution in [0.3, 0.4) is 0 Å². The Morgan fingerprint density at radius 2 is 2.21 bits per heavy atom. The van der Waals surface area contributed by atoms with Crippen molar-refractivity contribution in [3.8, 4) is 0 Å². The Kier molecular flexibility index (Phi) is 3.80. The predicted molar refractivity (Wildman–Crippen MR) is 72.6 cm³/mol. The minimum Gasteiger partial charge on any atom is -0.478 e. The fourth-order valence-electron chi connectivity index (χ4n) is 2.18. The van der Waals surface area contributed by atoms with Gasteiger partial charge < -0.3 is 10.0 Å². The van der Waals surface area contributed by atoms with Crippen LogP contribution >= 0.6 is 11.8 Å². The molecule has 1 aliphatic rings. The molecule has 2 rings (SSSR count). The molecule has 1 fully saturated rings. The van der Waals surface area contributed by atoms with Gasteiger partial charge in [-0.25, -0.2) is 9.78 Å². The second-order valence-corrected chi connectivity index (χ2v) is 5.91. The Morgan fingerprint density at radius 1 is 1.53 bits per heavy atom. The van der Waals surface area contributed by atoms with Gasteiger partial charge in [0.2, 0.25) is 5.91 Å². The lowest BCUT2D eigenvalue weighted by atomic mass is 10.1. The second kappa shape index (κ2) is 5.21. The van der Waals surface area contributed by atoms with Crippen molar-refractivity contribution in [2.75, 3.05) is 13.6 Å². The van der Waals surface area contributed by atoms with Crippen molar-refractivity contribution < 1.29 is 14.7 Å². The second-order valence-electron chi connectivity index (χ2n) is 4.72. The van der Waals surface area contributed by atoms with E-state index in [9.17, 15) is 14.7 Å². The molecule has 0 aromatic carbocycles. The third-order valence-corrected chi connectivity index (χ3v) is 4.40. The molecule has 1 atom stereocenters. The van der Waals surface area contributed by atoms with Gasteiger partial charge in [0.1, 0.15) is 5.03 Å². The average Bonchev–Trinajstić information content (AvgIpc) is 2.59. The lowest BCUT2D eigenvalue weighted by Crippen LogP contribution is -2.24. The molecule has 0 saturated carbocycles. The summed E-state index contributed by atoms with van der Waals surface area (Å²) < 4.78 is 0. The summed E-state index contributed by atoms with van der Waals surface area (Å²) in [5, 5.41) is 9.50. The smallest absolute Gasteiger partial charge is 0.338 e. The van der Waals surface area contributed by atoms with Crippen LogP contribution < -0.4 is 0 Å².